The molecule has 2 N–H and O–H groups in total. The number of rotatable bonds is 6. The predicted octanol–water partition coefficient (Wildman–Crippen LogP) is 1.05. The van der Waals surface area contributed by atoms with Gasteiger partial charge in [0.15, 0.2) is 0 Å². The molecule has 0 aromatic heterocycles. The number of halogens is 1. The summed E-state index contributed by atoms with van der Waals surface area (Å²) >= 11 is 0. The molecule has 116 valence electrons. The number of sulfonamides is 1. The van der Waals surface area contributed by atoms with E-state index in [9.17, 15) is 17.6 Å². The Morgan fingerprint density at radius 3 is 2.62 bits per heavy atom. The zero-order chi connectivity index (χ0) is 15.5. The molecule has 0 saturated heterocycles. The van der Waals surface area contributed by atoms with Crippen molar-refractivity contribution < 1.29 is 17.6 Å². The van der Waals surface area contributed by atoms with Crippen LogP contribution in [0.25, 0.3) is 0 Å². The van der Waals surface area contributed by atoms with Crippen LogP contribution in [0.2, 0.25) is 0 Å². The molecule has 0 heterocycles. The standard InChI is InChI=1S/C13H18FN3O3S/c1-21(19,20)17(12-5-3-2-4-11(12)14)9-8-15-13(18)16-10-6-7-10/h2-5,10H,6-9H2,1H3,(H2,15,16,18). The van der Waals surface area contributed by atoms with E-state index >= 15 is 0 Å². The number of nitrogens with zero attached hydrogens (tertiary/aromatic N) is 1. The molecule has 0 aliphatic heterocycles. The van der Waals surface area contributed by atoms with Crippen molar-refractivity contribution in [3.05, 3.63) is 30.1 Å². The minimum absolute atomic E-state index is 0.0237. The first-order valence-electron chi connectivity index (χ1n) is 6.64. The highest BCUT2D eigenvalue weighted by molar-refractivity contribution is 7.92. The van der Waals surface area contributed by atoms with Crippen molar-refractivity contribution in [3.8, 4) is 0 Å². The fourth-order valence-corrected chi connectivity index (χ4v) is 2.78. The van der Waals surface area contributed by atoms with Crippen LogP contribution in [0.3, 0.4) is 0 Å². The molecule has 1 aliphatic carbocycles. The van der Waals surface area contributed by atoms with E-state index in [2.05, 4.69) is 10.6 Å². The number of amides is 2. The van der Waals surface area contributed by atoms with Crippen molar-refractivity contribution in [2.45, 2.75) is 18.9 Å². The zero-order valence-corrected chi connectivity index (χ0v) is 12.5. The lowest BCUT2D eigenvalue weighted by Crippen LogP contribution is -2.42. The van der Waals surface area contributed by atoms with Crippen molar-refractivity contribution in [2.75, 3.05) is 23.7 Å². The van der Waals surface area contributed by atoms with Gasteiger partial charge >= 0.3 is 6.03 Å². The summed E-state index contributed by atoms with van der Waals surface area (Å²) in [7, 11) is -3.63. The molecule has 0 bridgehead atoms. The van der Waals surface area contributed by atoms with Gasteiger partial charge in [0.2, 0.25) is 10.0 Å². The molecule has 1 aromatic rings. The fourth-order valence-electron chi connectivity index (χ4n) is 1.85. The van der Waals surface area contributed by atoms with Crippen LogP contribution in [0.5, 0.6) is 0 Å². The molecule has 0 spiro atoms. The van der Waals surface area contributed by atoms with Crippen molar-refractivity contribution in [1.82, 2.24) is 10.6 Å². The number of hydrogen-bond acceptors (Lipinski definition) is 3. The molecular weight excluding hydrogens is 297 g/mol. The Kier molecular flexibility index (Phi) is 4.66. The third kappa shape index (κ3) is 4.59. The first-order valence-corrected chi connectivity index (χ1v) is 8.49. The summed E-state index contributed by atoms with van der Waals surface area (Å²) in [5.74, 6) is -0.620. The van der Waals surface area contributed by atoms with Gasteiger partial charge in [-0.1, -0.05) is 12.1 Å². The average molecular weight is 315 g/mol. The van der Waals surface area contributed by atoms with Crippen LogP contribution in [-0.2, 0) is 10.0 Å². The van der Waals surface area contributed by atoms with Crippen LogP contribution in [0.1, 0.15) is 12.8 Å². The van der Waals surface area contributed by atoms with E-state index in [0.29, 0.717) is 0 Å². The van der Waals surface area contributed by atoms with Gasteiger partial charge in [-0.05, 0) is 25.0 Å². The smallest absolute Gasteiger partial charge is 0.315 e. The number of urea groups is 1. The molecular formula is C13H18FN3O3S. The zero-order valence-electron chi connectivity index (χ0n) is 11.7. The highest BCUT2D eigenvalue weighted by Gasteiger charge is 2.24. The van der Waals surface area contributed by atoms with E-state index in [1.165, 1.54) is 18.2 Å². The number of para-hydroxylation sites is 1. The summed E-state index contributed by atoms with van der Waals surface area (Å²) in [6, 6.07) is 5.52. The lowest BCUT2D eigenvalue weighted by molar-refractivity contribution is 0.241. The first-order chi connectivity index (χ1) is 9.88. The monoisotopic (exact) mass is 315 g/mol. The average Bonchev–Trinajstić information content (AvgIpc) is 3.18. The van der Waals surface area contributed by atoms with Crippen molar-refractivity contribution in [3.63, 3.8) is 0 Å². The SMILES string of the molecule is CS(=O)(=O)N(CCNC(=O)NC1CC1)c1ccccc1F. The number of hydrogen-bond donors (Lipinski definition) is 2. The van der Waals surface area contributed by atoms with Gasteiger partial charge in [-0.25, -0.2) is 17.6 Å². The molecule has 0 unspecified atom stereocenters. The topological polar surface area (TPSA) is 78.5 Å². The van der Waals surface area contributed by atoms with E-state index in [1.807, 2.05) is 0 Å². The Morgan fingerprint density at radius 1 is 1.38 bits per heavy atom. The fraction of sp³-hybridized carbons (Fsp3) is 0.462. The second-order valence-electron chi connectivity index (χ2n) is 4.96. The molecule has 2 rings (SSSR count). The van der Waals surface area contributed by atoms with E-state index in [-0.39, 0.29) is 30.8 Å². The van der Waals surface area contributed by atoms with Crippen LogP contribution >= 0.6 is 0 Å². The van der Waals surface area contributed by atoms with Gasteiger partial charge in [-0.3, -0.25) is 4.31 Å². The summed E-state index contributed by atoms with van der Waals surface area (Å²) in [4.78, 5) is 11.5. The third-order valence-electron chi connectivity index (χ3n) is 3.03. The summed E-state index contributed by atoms with van der Waals surface area (Å²) in [6.45, 7) is 0.0673. The molecule has 1 aliphatic rings. The van der Waals surface area contributed by atoms with Crippen LogP contribution in [0, 0.1) is 5.82 Å². The molecule has 6 nitrogen and oxygen atoms in total. The third-order valence-corrected chi connectivity index (χ3v) is 4.21. The maximum atomic E-state index is 13.7. The Labute approximate surface area is 123 Å². The van der Waals surface area contributed by atoms with Crippen molar-refractivity contribution in [2.24, 2.45) is 0 Å². The second kappa shape index (κ2) is 6.30. The minimum atomic E-state index is -3.63. The molecule has 21 heavy (non-hydrogen) atoms. The van der Waals surface area contributed by atoms with Crippen LogP contribution < -0.4 is 14.9 Å². The quantitative estimate of drug-likeness (QED) is 0.824. The predicted molar refractivity (Wildman–Crippen MR) is 78.1 cm³/mol. The van der Waals surface area contributed by atoms with E-state index in [4.69, 9.17) is 0 Å². The number of anilines is 1. The van der Waals surface area contributed by atoms with E-state index < -0.39 is 15.8 Å². The summed E-state index contributed by atoms with van der Waals surface area (Å²) < 4.78 is 38.2. The van der Waals surface area contributed by atoms with Gasteiger partial charge in [0.25, 0.3) is 0 Å². The Bertz CT molecular complexity index is 617. The summed E-state index contributed by atoms with van der Waals surface area (Å²) in [5.41, 5.74) is -0.0237. The molecule has 8 heteroatoms. The van der Waals surface area contributed by atoms with Crippen LogP contribution in [0.4, 0.5) is 14.9 Å². The number of nitrogens with one attached hydrogen (secondary N) is 2. The highest BCUT2D eigenvalue weighted by atomic mass is 32.2. The first kappa shape index (κ1) is 15.6. The van der Waals surface area contributed by atoms with E-state index in [0.717, 1.165) is 23.4 Å². The Morgan fingerprint density at radius 2 is 2.05 bits per heavy atom. The van der Waals surface area contributed by atoms with Crippen LogP contribution in [0.15, 0.2) is 24.3 Å². The molecule has 1 fully saturated rings. The molecule has 0 atom stereocenters. The molecule has 2 amide bonds. The summed E-state index contributed by atoms with van der Waals surface area (Å²) in [5, 5.41) is 5.29. The van der Waals surface area contributed by atoms with Gasteiger partial charge in [-0.2, -0.15) is 0 Å². The lowest BCUT2D eigenvalue weighted by Gasteiger charge is -2.23. The lowest BCUT2D eigenvalue weighted by atomic mass is 10.3. The van der Waals surface area contributed by atoms with Gasteiger partial charge in [0, 0.05) is 12.6 Å². The largest absolute Gasteiger partial charge is 0.336 e. The van der Waals surface area contributed by atoms with Gasteiger partial charge in [0.05, 0.1) is 18.5 Å². The number of benzene rings is 1. The van der Waals surface area contributed by atoms with Crippen molar-refractivity contribution >= 4 is 21.7 Å². The number of carbonyl (C=O) groups is 1. The van der Waals surface area contributed by atoms with Gasteiger partial charge in [-0.15, -0.1) is 0 Å². The molecule has 1 saturated carbocycles. The minimum Gasteiger partial charge on any atom is -0.336 e. The highest BCUT2D eigenvalue weighted by Crippen LogP contribution is 2.21. The van der Waals surface area contributed by atoms with Crippen molar-refractivity contribution in [1.29, 1.82) is 0 Å². The molecule has 1 aromatic carbocycles. The summed E-state index contributed by atoms with van der Waals surface area (Å²) in [6.07, 6.45) is 2.94. The van der Waals surface area contributed by atoms with Gasteiger partial charge in [0.1, 0.15) is 5.82 Å². The normalized spacial score (nSPS) is 14.6. The maximum absolute atomic E-state index is 13.7. The Balaban J connectivity index is 1.97. The second-order valence-corrected chi connectivity index (χ2v) is 6.87. The van der Waals surface area contributed by atoms with Crippen LogP contribution in [-0.4, -0.2) is 39.8 Å². The molecule has 0 radical (unpaired) electrons. The van der Waals surface area contributed by atoms with E-state index in [1.54, 1.807) is 6.07 Å². The van der Waals surface area contributed by atoms with Gasteiger partial charge < -0.3 is 10.6 Å². The Hall–Kier alpha value is -1.83. The number of carbonyl (C=O) groups excluding carboxylic acids is 1. The maximum Gasteiger partial charge on any atom is 0.315 e.